The van der Waals surface area contributed by atoms with Crippen LogP contribution in [0.5, 0.6) is 0 Å². The summed E-state index contributed by atoms with van der Waals surface area (Å²) in [5, 5.41) is 0. The number of unbranched alkanes of at least 4 members (excludes halogenated alkanes) is 11. The van der Waals surface area contributed by atoms with E-state index in [9.17, 15) is 19.0 Å². The Bertz CT molecular complexity index is 1350. The molecule has 0 aliphatic heterocycles. The second kappa shape index (κ2) is 42.2. The van der Waals surface area contributed by atoms with Crippen molar-refractivity contribution in [1.29, 1.82) is 0 Å². The number of carbonyl (C=O) groups excluding carboxylic acids is 2. The lowest BCUT2D eigenvalue weighted by atomic mass is 10.1. The third-order valence-electron chi connectivity index (χ3n) is 9.34. The van der Waals surface area contributed by atoms with E-state index in [2.05, 4.69) is 111 Å². The maximum Gasteiger partial charge on any atom is 0.306 e. The highest BCUT2D eigenvalue weighted by molar-refractivity contribution is 7.45. The smallest absolute Gasteiger partial charge is 0.306 e. The molecule has 2 unspecified atom stereocenters. The predicted molar refractivity (Wildman–Crippen MR) is 254 cm³/mol. The van der Waals surface area contributed by atoms with Crippen molar-refractivity contribution >= 4 is 19.8 Å². The van der Waals surface area contributed by atoms with E-state index < -0.39 is 32.5 Å². The van der Waals surface area contributed by atoms with Gasteiger partial charge in [0.05, 0.1) is 27.7 Å². The SMILES string of the molecule is CC/C=C\C/C=C\C/C=C\C/C=C\C/C=C\C/C=C\CCCCC(=O)OC(COC(=O)CCCCCCC/C=C\C/C=C\CCCCCC)COP(=O)([O-])OCC[N+](C)(C)C. The van der Waals surface area contributed by atoms with Crippen molar-refractivity contribution in [2.75, 3.05) is 47.5 Å². The molecule has 0 aromatic heterocycles. The Hall–Kier alpha value is -3.07. The largest absolute Gasteiger partial charge is 0.756 e. The predicted octanol–water partition coefficient (Wildman–Crippen LogP) is 13.1. The molecule has 0 saturated heterocycles. The lowest BCUT2D eigenvalue weighted by Gasteiger charge is -2.28. The number of quaternary nitrogens is 1. The third-order valence-corrected chi connectivity index (χ3v) is 10.3. The van der Waals surface area contributed by atoms with Crippen LogP contribution in [0.4, 0.5) is 0 Å². The van der Waals surface area contributed by atoms with Crippen LogP contribution in [-0.4, -0.2) is 70.0 Å². The summed E-state index contributed by atoms with van der Waals surface area (Å²) < 4.78 is 33.9. The quantitative estimate of drug-likeness (QED) is 0.0196. The minimum absolute atomic E-state index is 0.0475. The number of esters is 2. The molecule has 2 atom stereocenters. The molecule has 0 fully saturated rings. The number of nitrogens with zero attached hydrogens (tertiary/aromatic N) is 1. The molecule has 0 aromatic carbocycles. The first-order valence-electron chi connectivity index (χ1n) is 23.4. The zero-order valence-corrected chi connectivity index (χ0v) is 40.0. The topological polar surface area (TPSA) is 111 Å². The first kappa shape index (κ1) is 57.9. The molecular weight excluding hydrogens is 786 g/mol. The molecule has 61 heavy (non-hydrogen) atoms. The zero-order valence-electron chi connectivity index (χ0n) is 39.1. The summed E-state index contributed by atoms with van der Waals surface area (Å²) in [7, 11) is 1.11. The summed E-state index contributed by atoms with van der Waals surface area (Å²) in [5.74, 6) is -0.911. The highest BCUT2D eigenvalue weighted by atomic mass is 31.2. The number of rotatable bonds is 41. The number of likely N-dealkylation sites (N-methyl/N-ethyl adjacent to an activating group) is 1. The van der Waals surface area contributed by atoms with E-state index in [4.69, 9.17) is 18.5 Å². The van der Waals surface area contributed by atoms with Gasteiger partial charge in [-0.2, -0.15) is 0 Å². The van der Waals surface area contributed by atoms with Crippen molar-refractivity contribution in [3.05, 3.63) is 97.2 Å². The lowest BCUT2D eigenvalue weighted by molar-refractivity contribution is -0.870. The number of carbonyl (C=O) groups is 2. The monoisotopic (exact) mass is 872 g/mol. The second-order valence-electron chi connectivity index (χ2n) is 16.4. The maximum atomic E-state index is 12.7. The number of hydrogen-bond donors (Lipinski definition) is 0. The molecule has 0 heterocycles. The van der Waals surface area contributed by atoms with Crippen LogP contribution in [-0.2, 0) is 32.7 Å². The molecule has 0 aromatic rings. The van der Waals surface area contributed by atoms with Gasteiger partial charge >= 0.3 is 11.9 Å². The molecule has 0 radical (unpaired) electrons. The van der Waals surface area contributed by atoms with Crippen LogP contribution in [0, 0.1) is 0 Å². The van der Waals surface area contributed by atoms with Gasteiger partial charge in [0, 0.05) is 12.8 Å². The molecular formula is C51H86NO8P. The van der Waals surface area contributed by atoms with Gasteiger partial charge in [0.15, 0.2) is 6.10 Å². The van der Waals surface area contributed by atoms with Crippen LogP contribution in [0.2, 0.25) is 0 Å². The fourth-order valence-corrected chi connectivity index (χ4v) is 6.41. The van der Waals surface area contributed by atoms with Crippen molar-refractivity contribution in [3.63, 3.8) is 0 Å². The van der Waals surface area contributed by atoms with Gasteiger partial charge in [-0.1, -0.05) is 150 Å². The molecule has 0 aliphatic carbocycles. The van der Waals surface area contributed by atoms with Gasteiger partial charge in [0.2, 0.25) is 0 Å². The molecule has 0 N–H and O–H groups in total. The van der Waals surface area contributed by atoms with Crippen molar-refractivity contribution in [3.8, 4) is 0 Å². The van der Waals surface area contributed by atoms with Gasteiger partial charge in [-0.05, 0) is 96.3 Å². The minimum Gasteiger partial charge on any atom is -0.756 e. The Labute approximate surface area is 373 Å². The fourth-order valence-electron chi connectivity index (χ4n) is 5.69. The molecule has 0 aliphatic rings. The van der Waals surface area contributed by atoms with Crippen LogP contribution in [0.15, 0.2) is 97.2 Å². The number of phosphoric acid groups is 1. The van der Waals surface area contributed by atoms with E-state index in [1.807, 2.05) is 21.1 Å². The number of hydrogen-bond acceptors (Lipinski definition) is 8. The van der Waals surface area contributed by atoms with Crippen LogP contribution in [0.1, 0.15) is 162 Å². The Morgan fingerprint density at radius 3 is 1.43 bits per heavy atom. The first-order valence-corrected chi connectivity index (χ1v) is 24.9. The van der Waals surface area contributed by atoms with Gasteiger partial charge in [-0.25, -0.2) is 0 Å². The van der Waals surface area contributed by atoms with E-state index in [-0.39, 0.29) is 26.1 Å². The van der Waals surface area contributed by atoms with Crippen LogP contribution < -0.4 is 4.89 Å². The average molecular weight is 872 g/mol. The third kappa shape index (κ3) is 46.3. The molecule has 0 bridgehead atoms. The van der Waals surface area contributed by atoms with Crippen LogP contribution in [0.25, 0.3) is 0 Å². The van der Waals surface area contributed by atoms with Crippen LogP contribution >= 0.6 is 7.82 Å². The summed E-state index contributed by atoms with van der Waals surface area (Å²) in [6.07, 6.45) is 55.8. The van der Waals surface area contributed by atoms with E-state index >= 15 is 0 Å². The Balaban J connectivity index is 4.46. The lowest BCUT2D eigenvalue weighted by Crippen LogP contribution is -2.37. The van der Waals surface area contributed by atoms with E-state index in [1.165, 1.54) is 32.1 Å². The minimum atomic E-state index is -4.65. The number of allylic oxidation sites excluding steroid dienone is 16. The van der Waals surface area contributed by atoms with Gasteiger partial charge < -0.3 is 27.9 Å². The first-order chi connectivity index (χ1) is 29.5. The van der Waals surface area contributed by atoms with Gasteiger partial charge in [0.1, 0.15) is 19.8 Å². The molecule has 0 saturated carbocycles. The number of phosphoric ester groups is 1. The number of ether oxygens (including phenoxy) is 2. The molecule has 348 valence electrons. The van der Waals surface area contributed by atoms with Gasteiger partial charge in [-0.3, -0.25) is 14.2 Å². The summed E-state index contributed by atoms with van der Waals surface area (Å²) in [4.78, 5) is 37.6. The van der Waals surface area contributed by atoms with Crippen molar-refractivity contribution < 1.29 is 42.1 Å². The van der Waals surface area contributed by atoms with Crippen molar-refractivity contribution in [2.24, 2.45) is 0 Å². The maximum absolute atomic E-state index is 12.7. The van der Waals surface area contributed by atoms with Crippen LogP contribution in [0.3, 0.4) is 0 Å². The van der Waals surface area contributed by atoms with Crippen molar-refractivity contribution in [2.45, 2.75) is 168 Å². The molecule has 9 nitrogen and oxygen atoms in total. The Morgan fingerprint density at radius 1 is 0.525 bits per heavy atom. The molecule has 0 amide bonds. The van der Waals surface area contributed by atoms with Gasteiger partial charge in [0.25, 0.3) is 7.82 Å². The summed E-state index contributed by atoms with van der Waals surface area (Å²) in [6.45, 7) is 4.01. The molecule has 0 rings (SSSR count). The zero-order chi connectivity index (χ0) is 45.0. The molecule has 0 spiro atoms. The summed E-state index contributed by atoms with van der Waals surface area (Å²) in [5.41, 5.74) is 0. The highest BCUT2D eigenvalue weighted by Gasteiger charge is 2.21. The Kier molecular flexibility index (Phi) is 40.1. The summed E-state index contributed by atoms with van der Waals surface area (Å²) >= 11 is 0. The second-order valence-corrected chi connectivity index (χ2v) is 17.8. The van der Waals surface area contributed by atoms with E-state index in [0.29, 0.717) is 23.9 Å². The standard InChI is InChI=1S/C51H86NO8P/c1-6-8-10-12-14-16-18-20-22-24-25-26-27-28-30-32-34-36-38-40-42-44-51(54)60-49(48-59-61(55,56)58-46-45-52(3,4)5)47-57-50(53)43-41-39-37-35-33-31-29-23-21-19-17-15-13-11-9-7-2/h8,10,14,16-17,19-20,22-23,25-26,28-30,34,36,49H,6-7,9,11-13,15,18,21,24,27,31-33,35,37-48H2,1-5H3/b10-8-,16-14-,19-17-,22-20-,26-25-,29-23-,30-28-,36-34-. The van der Waals surface area contributed by atoms with Gasteiger partial charge in [-0.15, -0.1) is 0 Å². The Morgan fingerprint density at radius 2 is 0.934 bits per heavy atom. The average Bonchev–Trinajstić information content (AvgIpc) is 3.21. The normalized spacial score (nSPS) is 14.4. The fraction of sp³-hybridized carbons (Fsp3) is 0.647. The summed E-state index contributed by atoms with van der Waals surface area (Å²) in [6, 6.07) is 0. The van der Waals surface area contributed by atoms with E-state index in [0.717, 1.165) is 89.9 Å². The highest BCUT2D eigenvalue weighted by Crippen LogP contribution is 2.38. The van der Waals surface area contributed by atoms with Crippen molar-refractivity contribution in [1.82, 2.24) is 0 Å². The van der Waals surface area contributed by atoms with E-state index in [1.54, 1.807) is 0 Å². The molecule has 10 heteroatoms.